The number of carbonyl (C=O) groups excluding carboxylic acids is 1. The molecule has 0 radical (unpaired) electrons. The molecule has 2 N–H and O–H groups in total. The van der Waals surface area contributed by atoms with Crippen LogP contribution in [0, 0.1) is 0 Å². The van der Waals surface area contributed by atoms with E-state index in [0.29, 0.717) is 11.1 Å². The smallest absolute Gasteiger partial charge is 0.154 e. The maximum absolute atomic E-state index is 10.8. The summed E-state index contributed by atoms with van der Waals surface area (Å²) in [7, 11) is 1.78. The average molecular weight is 175 g/mol. The Morgan fingerprint density at radius 1 is 1.54 bits per heavy atom. The lowest BCUT2D eigenvalue weighted by Crippen LogP contribution is -1.94. The van der Waals surface area contributed by atoms with Gasteiger partial charge in [0.25, 0.3) is 0 Å². The van der Waals surface area contributed by atoms with Crippen LogP contribution in [-0.4, -0.2) is 23.3 Å². The zero-order valence-corrected chi connectivity index (χ0v) is 7.16. The molecule has 0 saturated carbocycles. The van der Waals surface area contributed by atoms with Gasteiger partial charge in [0.1, 0.15) is 5.52 Å². The minimum atomic E-state index is 0.598. The Hall–Kier alpha value is -1.84. The van der Waals surface area contributed by atoms with E-state index in [1.54, 1.807) is 13.4 Å². The molecule has 13 heavy (non-hydrogen) atoms. The second-order valence-electron chi connectivity index (χ2n) is 2.69. The Balaban J connectivity index is 2.81. The van der Waals surface area contributed by atoms with E-state index in [4.69, 9.17) is 0 Å². The number of nitrogens with zero attached hydrogens (tertiary/aromatic N) is 1. The van der Waals surface area contributed by atoms with Crippen molar-refractivity contribution in [2.45, 2.75) is 0 Å². The zero-order valence-electron chi connectivity index (χ0n) is 7.16. The summed E-state index contributed by atoms with van der Waals surface area (Å²) >= 11 is 0. The number of carbonyl (C=O) groups is 1. The molecule has 0 fully saturated rings. The first-order chi connectivity index (χ1) is 6.36. The Labute approximate surface area is 75.0 Å². The van der Waals surface area contributed by atoms with Crippen LogP contribution in [0.4, 0.5) is 5.69 Å². The van der Waals surface area contributed by atoms with Gasteiger partial charge in [-0.15, -0.1) is 0 Å². The topological polar surface area (TPSA) is 57.8 Å². The molecule has 2 rings (SSSR count). The molecule has 0 bridgehead atoms. The second kappa shape index (κ2) is 2.90. The molecular formula is C9H9N3O. The van der Waals surface area contributed by atoms with Gasteiger partial charge < -0.3 is 10.3 Å². The molecule has 0 atom stereocenters. The van der Waals surface area contributed by atoms with E-state index < -0.39 is 0 Å². The number of fused-ring (bicyclic) bond motifs is 1. The van der Waals surface area contributed by atoms with E-state index in [2.05, 4.69) is 15.3 Å². The van der Waals surface area contributed by atoms with Crippen LogP contribution in [0.1, 0.15) is 10.4 Å². The van der Waals surface area contributed by atoms with Crippen molar-refractivity contribution in [2.75, 3.05) is 12.4 Å². The minimum absolute atomic E-state index is 0.598. The summed E-state index contributed by atoms with van der Waals surface area (Å²) < 4.78 is 0. The Bertz CT molecular complexity index is 447. The normalized spacial score (nSPS) is 10.2. The fraction of sp³-hybridized carbons (Fsp3) is 0.111. The first kappa shape index (κ1) is 7.79. The second-order valence-corrected chi connectivity index (χ2v) is 2.69. The van der Waals surface area contributed by atoms with Crippen molar-refractivity contribution in [1.29, 1.82) is 0 Å². The molecule has 0 aliphatic carbocycles. The summed E-state index contributed by atoms with van der Waals surface area (Å²) in [6.07, 6.45) is 2.39. The molecule has 0 unspecified atom stereocenters. The quantitative estimate of drug-likeness (QED) is 0.678. The van der Waals surface area contributed by atoms with Crippen LogP contribution in [0.5, 0.6) is 0 Å². The first-order valence-electron chi connectivity index (χ1n) is 3.96. The van der Waals surface area contributed by atoms with Crippen molar-refractivity contribution in [3.63, 3.8) is 0 Å². The summed E-state index contributed by atoms with van der Waals surface area (Å²) in [5.41, 5.74) is 2.99. The molecule has 0 amide bonds. The van der Waals surface area contributed by atoms with E-state index in [1.807, 2.05) is 12.1 Å². The molecule has 1 aromatic carbocycles. The van der Waals surface area contributed by atoms with Gasteiger partial charge in [-0.2, -0.15) is 0 Å². The zero-order chi connectivity index (χ0) is 9.26. The number of aromatic amines is 1. The van der Waals surface area contributed by atoms with Crippen molar-refractivity contribution in [3.8, 4) is 0 Å². The third-order valence-corrected chi connectivity index (χ3v) is 2.02. The van der Waals surface area contributed by atoms with Crippen LogP contribution in [-0.2, 0) is 0 Å². The van der Waals surface area contributed by atoms with E-state index in [9.17, 15) is 4.79 Å². The highest BCUT2D eigenvalue weighted by molar-refractivity contribution is 6.00. The van der Waals surface area contributed by atoms with Crippen LogP contribution in [0.25, 0.3) is 11.0 Å². The van der Waals surface area contributed by atoms with E-state index in [-0.39, 0.29) is 0 Å². The predicted molar refractivity (Wildman–Crippen MR) is 51.0 cm³/mol. The van der Waals surface area contributed by atoms with Gasteiger partial charge in [-0.1, -0.05) is 0 Å². The number of imidazole rings is 1. The number of hydrogen-bond acceptors (Lipinski definition) is 3. The Kier molecular flexibility index (Phi) is 1.73. The Morgan fingerprint density at radius 2 is 2.38 bits per heavy atom. The summed E-state index contributed by atoms with van der Waals surface area (Å²) in [6, 6.07) is 3.74. The number of benzene rings is 1. The number of hydrogen-bond donors (Lipinski definition) is 2. The van der Waals surface area contributed by atoms with E-state index in [0.717, 1.165) is 17.5 Å². The summed E-state index contributed by atoms with van der Waals surface area (Å²) in [5.74, 6) is 0. The maximum atomic E-state index is 10.8. The van der Waals surface area contributed by atoms with Crippen LogP contribution in [0.3, 0.4) is 0 Å². The molecule has 0 saturated heterocycles. The fourth-order valence-electron chi connectivity index (χ4n) is 1.37. The van der Waals surface area contributed by atoms with Gasteiger partial charge in [-0.3, -0.25) is 4.79 Å². The number of anilines is 1. The van der Waals surface area contributed by atoms with Gasteiger partial charge in [0.2, 0.25) is 0 Å². The number of aldehydes is 1. The predicted octanol–water partition coefficient (Wildman–Crippen LogP) is 1.42. The van der Waals surface area contributed by atoms with Gasteiger partial charge in [-0.05, 0) is 12.1 Å². The Morgan fingerprint density at radius 3 is 3.08 bits per heavy atom. The lowest BCUT2D eigenvalue weighted by molar-refractivity contribution is 0.112. The van der Waals surface area contributed by atoms with E-state index in [1.165, 1.54) is 0 Å². The van der Waals surface area contributed by atoms with Gasteiger partial charge in [-0.25, -0.2) is 4.98 Å². The molecule has 1 heterocycles. The number of rotatable bonds is 2. The van der Waals surface area contributed by atoms with Crippen LogP contribution in [0.15, 0.2) is 18.5 Å². The van der Waals surface area contributed by atoms with Crippen LogP contribution < -0.4 is 5.32 Å². The van der Waals surface area contributed by atoms with Crippen molar-refractivity contribution in [3.05, 3.63) is 24.0 Å². The largest absolute Gasteiger partial charge is 0.387 e. The third kappa shape index (κ3) is 1.07. The minimum Gasteiger partial charge on any atom is -0.387 e. The van der Waals surface area contributed by atoms with Crippen molar-refractivity contribution in [2.24, 2.45) is 0 Å². The first-order valence-corrected chi connectivity index (χ1v) is 3.96. The van der Waals surface area contributed by atoms with Gasteiger partial charge in [0.05, 0.1) is 17.4 Å². The summed E-state index contributed by atoms with van der Waals surface area (Å²) in [6.45, 7) is 0. The summed E-state index contributed by atoms with van der Waals surface area (Å²) in [5, 5.41) is 2.94. The molecule has 1 aromatic heterocycles. The van der Waals surface area contributed by atoms with E-state index >= 15 is 0 Å². The lowest BCUT2D eigenvalue weighted by atomic mass is 10.1. The van der Waals surface area contributed by atoms with Crippen molar-refractivity contribution < 1.29 is 4.79 Å². The molecule has 4 nitrogen and oxygen atoms in total. The average Bonchev–Trinajstić information content (AvgIpc) is 2.63. The number of aromatic nitrogens is 2. The molecule has 66 valence electrons. The monoisotopic (exact) mass is 175 g/mol. The van der Waals surface area contributed by atoms with Crippen LogP contribution >= 0.6 is 0 Å². The van der Waals surface area contributed by atoms with Gasteiger partial charge in [0, 0.05) is 12.7 Å². The van der Waals surface area contributed by atoms with Gasteiger partial charge in [0.15, 0.2) is 6.29 Å². The van der Waals surface area contributed by atoms with Crippen molar-refractivity contribution in [1.82, 2.24) is 9.97 Å². The summed E-state index contributed by atoms with van der Waals surface area (Å²) in [4.78, 5) is 17.8. The van der Waals surface area contributed by atoms with Crippen molar-refractivity contribution >= 4 is 23.0 Å². The molecule has 2 aromatic rings. The highest BCUT2D eigenvalue weighted by Gasteiger charge is 2.06. The lowest BCUT2D eigenvalue weighted by Gasteiger charge is -2.02. The molecule has 0 spiro atoms. The van der Waals surface area contributed by atoms with Crippen LogP contribution in [0.2, 0.25) is 0 Å². The third-order valence-electron chi connectivity index (χ3n) is 2.02. The number of nitrogens with one attached hydrogen (secondary N) is 2. The molecule has 0 aliphatic rings. The standard InChI is InChI=1S/C9H9N3O/c1-10-7-2-3-8-9(6(7)4-13)12-5-11-8/h2-5,10H,1H3,(H,11,12). The fourth-order valence-corrected chi connectivity index (χ4v) is 1.37. The molecular weight excluding hydrogens is 166 g/mol. The molecule has 4 heteroatoms. The number of H-pyrrole nitrogens is 1. The highest BCUT2D eigenvalue weighted by Crippen LogP contribution is 2.21. The molecule has 0 aliphatic heterocycles. The SMILES string of the molecule is CNc1ccc2[nH]cnc2c1C=O. The van der Waals surface area contributed by atoms with Gasteiger partial charge >= 0.3 is 0 Å². The highest BCUT2D eigenvalue weighted by atomic mass is 16.1. The maximum Gasteiger partial charge on any atom is 0.154 e.